The number of aromatic nitrogens is 4. The SMILES string of the molecule is c1ccc(-c2cc(-c3ccccc3)nc(-c3c(-c4nc5ccccc5c5c4c4ccccc4n5-c4ccccc4)ccc4ccccc34)n2)cc1. The Labute approximate surface area is 295 Å². The van der Waals surface area contributed by atoms with Crippen molar-refractivity contribution >= 4 is 43.5 Å². The summed E-state index contributed by atoms with van der Waals surface area (Å²) in [5, 5.41) is 5.55. The van der Waals surface area contributed by atoms with Crippen LogP contribution in [0, 0.1) is 0 Å². The smallest absolute Gasteiger partial charge is 0.161 e. The summed E-state index contributed by atoms with van der Waals surface area (Å²) in [7, 11) is 0. The molecule has 0 atom stereocenters. The summed E-state index contributed by atoms with van der Waals surface area (Å²) in [6.07, 6.45) is 0. The largest absolute Gasteiger partial charge is 0.308 e. The predicted molar refractivity (Wildman–Crippen MR) is 211 cm³/mol. The molecule has 0 saturated carbocycles. The molecule has 51 heavy (non-hydrogen) atoms. The molecule has 0 spiro atoms. The van der Waals surface area contributed by atoms with E-state index >= 15 is 0 Å². The van der Waals surface area contributed by atoms with E-state index in [2.05, 4.69) is 174 Å². The van der Waals surface area contributed by atoms with Crippen LogP contribution in [-0.4, -0.2) is 19.5 Å². The first-order chi connectivity index (χ1) is 25.3. The quantitative estimate of drug-likeness (QED) is 0.186. The minimum Gasteiger partial charge on any atom is -0.308 e. The number of hydrogen-bond donors (Lipinski definition) is 0. The Kier molecular flexibility index (Phi) is 6.78. The summed E-state index contributed by atoms with van der Waals surface area (Å²) in [5.74, 6) is 0.664. The van der Waals surface area contributed by atoms with Crippen molar-refractivity contribution in [3.05, 3.63) is 182 Å². The highest BCUT2D eigenvalue weighted by atomic mass is 15.0. The number of pyridine rings is 1. The van der Waals surface area contributed by atoms with Crippen molar-refractivity contribution in [3.63, 3.8) is 0 Å². The zero-order valence-corrected chi connectivity index (χ0v) is 27.6. The maximum Gasteiger partial charge on any atom is 0.161 e. The van der Waals surface area contributed by atoms with Gasteiger partial charge in [-0.25, -0.2) is 15.0 Å². The maximum atomic E-state index is 5.52. The number of para-hydroxylation sites is 3. The van der Waals surface area contributed by atoms with Gasteiger partial charge in [0.15, 0.2) is 5.82 Å². The van der Waals surface area contributed by atoms with Crippen LogP contribution in [0.5, 0.6) is 0 Å². The van der Waals surface area contributed by atoms with Crippen LogP contribution in [0.15, 0.2) is 182 Å². The molecule has 0 aliphatic carbocycles. The van der Waals surface area contributed by atoms with Gasteiger partial charge in [0.05, 0.1) is 33.6 Å². The van der Waals surface area contributed by atoms with Crippen LogP contribution in [0.25, 0.3) is 94.3 Å². The number of rotatable bonds is 5. The zero-order chi connectivity index (χ0) is 33.7. The van der Waals surface area contributed by atoms with Crippen molar-refractivity contribution in [2.45, 2.75) is 0 Å². The summed E-state index contributed by atoms with van der Waals surface area (Å²) in [6, 6.07) is 63.5. The summed E-state index contributed by atoms with van der Waals surface area (Å²) in [5.41, 5.74) is 11.0. The normalized spacial score (nSPS) is 11.5. The monoisotopic (exact) mass is 650 g/mol. The van der Waals surface area contributed by atoms with Gasteiger partial charge in [0.2, 0.25) is 0 Å². The van der Waals surface area contributed by atoms with Crippen LogP contribution < -0.4 is 0 Å². The first-order valence-corrected chi connectivity index (χ1v) is 17.2. The molecule has 0 radical (unpaired) electrons. The minimum atomic E-state index is 0.664. The summed E-state index contributed by atoms with van der Waals surface area (Å²) in [4.78, 5) is 16.2. The van der Waals surface area contributed by atoms with E-state index in [1.54, 1.807) is 0 Å². The highest BCUT2D eigenvalue weighted by Crippen LogP contribution is 2.45. The average molecular weight is 651 g/mol. The fraction of sp³-hybridized carbons (Fsp3) is 0. The van der Waals surface area contributed by atoms with Gasteiger partial charge in [-0.3, -0.25) is 0 Å². The molecule has 3 aromatic heterocycles. The predicted octanol–water partition coefficient (Wildman–Crippen LogP) is 11.9. The lowest BCUT2D eigenvalue weighted by molar-refractivity contribution is 1.18. The molecule has 0 aliphatic heterocycles. The Morgan fingerprint density at radius 1 is 0.431 bits per heavy atom. The molecule has 4 heteroatoms. The molecule has 10 aromatic rings. The second kappa shape index (κ2) is 11.9. The average Bonchev–Trinajstić information content (AvgIpc) is 3.57. The molecule has 3 heterocycles. The third kappa shape index (κ3) is 4.80. The Morgan fingerprint density at radius 3 is 1.71 bits per heavy atom. The Morgan fingerprint density at radius 2 is 1.00 bits per heavy atom. The molecule has 0 fully saturated rings. The van der Waals surface area contributed by atoms with Gasteiger partial charge in [-0.2, -0.15) is 0 Å². The van der Waals surface area contributed by atoms with Gasteiger partial charge in [-0.05, 0) is 41.1 Å². The van der Waals surface area contributed by atoms with Crippen LogP contribution in [0.2, 0.25) is 0 Å². The highest BCUT2D eigenvalue weighted by Gasteiger charge is 2.24. The van der Waals surface area contributed by atoms with Gasteiger partial charge in [0, 0.05) is 44.1 Å². The van der Waals surface area contributed by atoms with E-state index in [9.17, 15) is 0 Å². The lowest BCUT2D eigenvalue weighted by atomic mass is 9.93. The Balaban J connectivity index is 1.36. The lowest BCUT2D eigenvalue weighted by Crippen LogP contribution is -2.00. The second-order valence-corrected chi connectivity index (χ2v) is 12.8. The topological polar surface area (TPSA) is 43.6 Å². The fourth-order valence-electron chi connectivity index (χ4n) is 7.50. The molecule has 238 valence electrons. The molecule has 0 aliphatic rings. The number of hydrogen-bond acceptors (Lipinski definition) is 3. The molecule has 0 amide bonds. The minimum absolute atomic E-state index is 0.664. The van der Waals surface area contributed by atoms with Crippen LogP contribution in [-0.2, 0) is 0 Å². The van der Waals surface area contributed by atoms with Gasteiger partial charge in [-0.15, -0.1) is 0 Å². The molecule has 0 unspecified atom stereocenters. The molecular weight excluding hydrogens is 621 g/mol. The van der Waals surface area contributed by atoms with Crippen LogP contribution in [0.3, 0.4) is 0 Å². The first kappa shape index (κ1) is 29.0. The molecule has 10 rings (SSSR count). The van der Waals surface area contributed by atoms with E-state index in [0.717, 1.165) is 88.5 Å². The van der Waals surface area contributed by atoms with Crippen molar-refractivity contribution in [3.8, 4) is 50.8 Å². The maximum absolute atomic E-state index is 5.52. The van der Waals surface area contributed by atoms with Gasteiger partial charge in [-0.1, -0.05) is 152 Å². The molecular formula is C47H30N4. The van der Waals surface area contributed by atoms with E-state index in [0.29, 0.717) is 5.82 Å². The number of benzene rings is 7. The fourth-order valence-corrected chi connectivity index (χ4v) is 7.50. The lowest BCUT2D eigenvalue weighted by Gasteiger charge is -2.17. The Hall–Kier alpha value is -6.91. The standard InChI is InChI=1S/C47H30N4/c1-4-17-32(18-5-1)40-30-41(33-19-6-2-7-20-33)50-47(49-40)43-35-23-11-10-16-31(35)28-29-38(43)45-44-37-25-13-15-27-42(37)51(34-21-8-3-9-22-34)46(44)36-24-12-14-26-39(36)48-45/h1-30H. The van der Waals surface area contributed by atoms with Crippen molar-refractivity contribution in [2.75, 3.05) is 0 Å². The van der Waals surface area contributed by atoms with Crippen molar-refractivity contribution in [2.24, 2.45) is 0 Å². The Bertz CT molecular complexity index is 2840. The van der Waals surface area contributed by atoms with Gasteiger partial charge in [0.25, 0.3) is 0 Å². The number of nitrogens with zero attached hydrogens (tertiary/aromatic N) is 4. The van der Waals surface area contributed by atoms with Gasteiger partial charge in [0.1, 0.15) is 0 Å². The van der Waals surface area contributed by atoms with Crippen molar-refractivity contribution in [1.82, 2.24) is 19.5 Å². The van der Waals surface area contributed by atoms with E-state index in [1.165, 1.54) is 0 Å². The summed E-state index contributed by atoms with van der Waals surface area (Å²) >= 11 is 0. The van der Waals surface area contributed by atoms with Gasteiger partial charge >= 0.3 is 0 Å². The van der Waals surface area contributed by atoms with E-state index in [1.807, 2.05) is 12.1 Å². The van der Waals surface area contributed by atoms with Crippen molar-refractivity contribution < 1.29 is 0 Å². The second-order valence-electron chi connectivity index (χ2n) is 12.8. The highest BCUT2D eigenvalue weighted by molar-refractivity contribution is 6.23. The van der Waals surface area contributed by atoms with Crippen LogP contribution in [0.1, 0.15) is 0 Å². The van der Waals surface area contributed by atoms with Gasteiger partial charge < -0.3 is 4.57 Å². The summed E-state index contributed by atoms with van der Waals surface area (Å²) in [6.45, 7) is 0. The van der Waals surface area contributed by atoms with Crippen LogP contribution >= 0.6 is 0 Å². The molecule has 0 bridgehead atoms. The van der Waals surface area contributed by atoms with Crippen LogP contribution in [0.4, 0.5) is 0 Å². The third-order valence-electron chi connectivity index (χ3n) is 9.79. The van der Waals surface area contributed by atoms with Crippen molar-refractivity contribution in [1.29, 1.82) is 0 Å². The van der Waals surface area contributed by atoms with E-state index < -0.39 is 0 Å². The third-order valence-corrected chi connectivity index (χ3v) is 9.79. The molecule has 7 aromatic carbocycles. The van der Waals surface area contributed by atoms with E-state index in [4.69, 9.17) is 15.0 Å². The molecule has 4 nitrogen and oxygen atoms in total. The number of fused-ring (bicyclic) bond motifs is 6. The molecule has 0 N–H and O–H groups in total. The zero-order valence-electron chi connectivity index (χ0n) is 27.6. The first-order valence-electron chi connectivity index (χ1n) is 17.2. The summed E-state index contributed by atoms with van der Waals surface area (Å²) < 4.78 is 2.39. The molecule has 0 saturated heterocycles. The van der Waals surface area contributed by atoms with E-state index in [-0.39, 0.29) is 0 Å².